The summed E-state index contributed by atoms with van der Waals surface area (Å²) in [5.41, 5.74) is 4.55. The Bertz CT molecular complexity index is 1400. The minimum Gasteiger partial charge on any atom is -0.493 e. The van der Waals surface area contributed by atoms with Gasteiger partial charge in [-0.25, -0.2) is 22.6 Å². The molecule has 0 fully saturated rings. The third-order valence-electron chi connectivity index (χ3n) is 5.17. The van der Waals surface area contributed by atoms with Crippen molar-refractivity contribution in [1.29, 1.82) is 0 Å². The number of benzene rings is 2. The average Bonchev–Trinajstić information content (AvgIpc) is 3.17. The van der Waals surface area contributed by atoms with E-state index in [9.17, 15) is 8.42 Å². The fourth-order valence-electron chi connectivity index (χ4n) is 3.58. The van der Waals surface area contributed by atoms with Gasteiger partial charge in [-0.3, -0.25) is 0 Å². The highest BCUT2D eigenvalue weighted by Crippen LogP contribution is 2.32. The number of hydrogen-bond acceptors (Lipinski definition) is 7. The third kappa shape index (κ3) is 4.40. The minimum atomic E-state index is -3.69. The smallest absolute Gasteiger partial charge is 0.240 e. The Kier molecular flexibility index (Phi) is 6.32. The van der Waals surface area contributed by atoms with Gasteiger partial charge in [-0.1, -0.05) is 12.1 Å². The van der Waals surface area contributed by atoms with Crippen LogP contribution in [-0.2, 0) is 10.0 Å². The Morgan fingerprint density at radius 3 is 2.33 bits per heavy atom. The van der Waals surface area contributed by atoms with Gasteiger partial charge < -0.3 is 14.6 Å². The van der Waals surface area contributed by atoms with Crippen LogP contribution in [0.2, 0.25) is 0 Å². The number of rotatable bonds is 8. The van der Waals surface area contributed by atoms with Gasteiger partial charge in [-0.2, -0.15) is 5.10 Å². The number of aliphatic hydroxyl groups is 1. The first kappa shape index (κ1) is 22.7. The van der Waals surface area contributed by atoms with E-state index >= 15 is 0 Å². The number of imidazole rings is 1. The highest BCUT2D eigenvalue weighted by molar-refractivity contribution is 7.89. The molecule has 0 amide bonds. The van der Waals surface area contributed by atoms with Crippen molar-refractivity contribution < 1.29 is 23.0 Å². The van der Waals surface area contributed by atoms with E-state index in [4.69, 9.17) is 19.7 Å². The second-order valence-corrected chi connectivity index (χ2v) is 9.02. The van der Waals surface area contributed by atoms with Crippen LogP contribution in [0.1, 0.15) is 5.69 Å². The Morgan fingerprint density at radius 1 is 0.970 bits per heavy atom. The number of aryl methyl sites for hydroxylation is 1. The first-order valence-corrected chi connectivity index (χ1v) is 11.7. The standard InChI is InChI=1S/C23H24N4O5S/c1-15-23(16-4-7-18(8-5-16)33(29,30)24-12-13-28)27-22(25-15)11-9-19(26-27)17-6-10-20(31-2)21(14-17)32-3/h4-11,14,24,28H,12-13H2,1-3H3. The van der Waals surface area contributed by atoms with Crippen molar-refractivity contribution in [2.75, 3.05) is 27.4 Å². The van der Waals surface area contributed by atoms with E-state index in [0.717, 1.165) is 28.2 Å². The molecule has 0 atom stereocenters. The number of sulfonamides is 1. The molecule has 0 spiro atoms. The second-order valence-electron chi connectivity index (χ2n) is 7.25. The lowest BCUT2D eigenvalue weighted by molar-refractivity contribution is 0.301. The summed E-state index contributed by atoms with van der Waals surface area (Å²) >= 11 is 0. The molecule has 0 aliphatic rings. The lowest BCUT2D eigenvalue weighted by Gasteiger charge is -2.10. The molecule has 4 rings (SSSR count). The van der Waals surface area contributed by atoms with E-state index in [1.54, 1.807) is 30.9 Å². The Labute approximate surface area is 191 Å². The Balaban J connectivity index is 1.76. The molecule has 2 N–H and O–H groups in total. The van der Waals surface area contributed by atoms with Crippen LogP contribution < -0.4 is 14.2 Å². The lowest BCUT2D eigenvalue weighted by Crippen LogP contribution is -2.26. The van der Waals surface area contributed by atoms with Crippen molar-refractivity contribution in [3.63, 3.8) is 0 Å². The molecule has 0 saturated carbocycles. The van der Waals surface area contributed by atoms with Crippen molar-refractivity contribution in [3.8, 4) is 34.0 Å². The van der Waals surface area contributed by atoms with Gasteiger partial charge in [0.1, 0.15) is 0 Å². The monoisotopic (exact) mass is 468 g/mol. The summed E-state index contributed by atoms with van der Waals surface area (Å²) in [6.45, 7) is 1.57. The van der Waals surface area contributed by atoms with Crippen molar-refractivity contribution in [1.82, 2.24) is 19.3 Å². The zero-order chi connectivity index (χ0) is 23.6. The molecule has 10 heteroatoms. The third-order valence-corrected chi connectivity index (χ3v) is 6.65. The second kappa shape index (κ2) is 9.18. The summed E-state index contributed by atoms with van der Waals surface area (Å²) in [5.74, 6) is 1.23. The number of methoxy groups -OCH3 is 2. The van der Waals surface area contributed by atoms with Crippen LogP contribution >= 0.6 is 0 Å². The van der Waals surface area contributed by atoms with Crippen LogP contribution in [0.25, 0.3) is 28.2 Å². The van der Waals surface area contributed by atoms with E-state index < -0.39 is 10.0 Å². The summed E-state index contributed by atoms with van der Waals surface area (Å²) in [4.78, 5) is 4.71. The molecule has 9 nitrogen and oxygen atoms in total. The molecule has 2 aromatic carbocycles. The zero-order valence-corrected chi connectivity index (χ0v) is 19.3. The minimum absolute atomic E-state index is 0.0424. The maximum absolute atomic E-state index is 12.3. The first-order valence-electron chi connectivity index (χ1n) is 10.2. The quantitative estimate of drug-likeness (QED) is 0.408. The number of aromatic nitrogens is 3. The van der Waals surface area contributed by atoms with Crippen LogP contribution in [0, 0.1) is 6.92 Å². The summed E-state index contributed by atoms with van der Waals surface area (Å²) in [6, 6.07) is 15.8. The SMILES string of the molecule is COc1ccc(-c2ccc3nc(C)c(-c4ccc(S(=O)(=O)NCCO)cc4)n3n2)cc1OC. The maximum Gasteiger partial charge on any atom is 0.240 e. The molecule has 0 saturated heterocycles. The Morgan fingerprint density at radius 2 is 1.67 bits per heavy atom. The molecule has 0 unspecified atom stereocenters. The fourth-order valence-corrected chi connectivity index (χ4v) is 4.60. The number of hydrogen-bond donors (Lipinski definition) is 2. The van der Waals surface area contributed by atoms with Gasteiger partial charge >= 0.3 is 0 Å². The van der Waals surface area contributed by atoms with Gasteiger partial charge in [0.2, 0.25) is 10.0 Å². The average molecular weight is 469 g/mol. The molecule has 172 valence electrons. The molecular formula is C23H24N4O5S. The van der Waals surface area contributed by atoms with Crippen molar-refractivity contribution >= 4 is 15.7 Å². The number of ether oxygens (including phenoxy) is 2. The number of nitrogens with one attached hydrogen (secondary N) is 1. The van der Waals surface area contributed by atoms with Gasteiger partial charge in [-0.05, 0) is 49.4 Å². The number of nitrogens with zero attached hydrogens (tertiary/aromatic N) is 3. The van der Waals surface area contributed by atoms with Gasteiger partial charge in [0.15, 0.2) is 17.1 Å². The van der Waals surface area contributed by atoms with Gasteiger partial charge in [0.05, 0.1) is 42.8 Å². The summed E-state index contributed by atoms with van der Waals surface area (Å²) in [6.07, 6.45) is 0. The highest BCUT2D eigenvalue weighted by atomic mass is 32.2. The van der Waals surface area contributed by atoms with Crippen LogP contribution in [0.5, 0.6) is 11.5 Å². The lowest BCUT2D eigenvalue weighted by atomic mass is 10.1. The predicted molar refractivity (Wildman–Crippen MR) is 124 cm³/mol. The summed E-state index contributed by atoms with van der Waals surface area (Å²) < 4.78 is 39.4. The number of fused-ring (bicyclic) bond motifs is 1. The predicted octanol–water partition coefficient (Wildman–Crippen LogP) is 2.66. The van der Waals surface area contributed by atoms with Crippen LogP contribution in [0.4, 0.5) is 0 Å². The molecule has 4 aromatic rings. The van der Waals surface area contributed by atoms with Crippen LogP contribution in [-0.4, -0.2) is 55.5 Å². The molecule has 33 heavy (non-hydrogen) atoms. The van der Waals surface area contributed by atoms with Crippen LogP contribution in [0.3, 0.4) is 0 Å². The summed E-state index contributed by atoms with van der Waals surface area (Å²) in [5, 5.41) is 13.7. The van der Waals surface area contributed by atoms with E-state index in [1.165, 1.54) is 12.1 Å². The molecule has 0 aliphatic carbocycles. The van der Waals surface area contributed by atoms with Gasteiger partial charge in [-0.15, -0.1) is 0 Å². The van der Waals surface area contributed by atoms with Crippen molar-refractivity contribution in [2.24, 2.45) is 0 Å². The topological polar surface area (TPSA) is 115 Å². The molecule has 2 heterocycles. The number of aliphatic hydroxyl groups excluding tert-OH is 1. The normalized spacial score (nSPS) is 11.6. The fraction of sp³-hybridized carbons (Fsp3) is 0.217. The van der Waals surface area contributed by atoms with Gasteiger partial charge in [0, 0.05) is 17.7 Å². The van der Waals surface area contributed by atoms with Crippen LogP contribution in [0.15, 0.2) is 59.5 Å². The molecule has 0 bridgehead atoms. The molecule has 0 aliphatic heterocycles. The largest absolute Gasteiger partial charge is 0.493 e. The van der Waals surface area contributed by atoms with E-state index in [-0.39, 0.29) is 18.0 Å². The maximum atomic E-state index is 12.3. The molecular weight excluding hydrogens is 444 g/mol. The summed E-state index contributed by atoms with van der Waals surface area (Å²) in [7, 11) is -0.519. The van der Waals surface area contributed by atoms with E-state index in [0.29, 0.717) is 17.1 Å². The highest BCUT2D eigenvalue weighted by Gasteiger charge is 2.17. The zero-order valence-electron chi connectivity index (χ0n) is 18.4. The van der Waals surface area contributed by atoms with Crippen molar-refractivity contribution in [3.05, 3.63) is 60.3 Å². The van der Waals surface area contributed by atoms with Crippen molar-refractivity contribution in [2.45, 2.75) is 11.8 Å². The van der Waals surface area contributed by atoms with E-state index in [2.05, 4.69) is 9.71 Å². The van der Waals surface area contributed by atoms with E-state index in [1.807, 2.05) is 37.3 Å². The molecule has 0 radical (unpaired) electrons. The first-order chi connectivity index (χ1) is 15.9. The van der Waals surface area contributed by atoms with Gasteiger partial charge in [0.25, 0.3) is 0 Å². The Hall–Kier alpha value is -3.47. The molecule has 2 aromatic heterocycles.